The Balaban J connectivity index is 2.07. The molecule has 1 saturated heterocycles. The molecule has 17 heavy (non-hydrogen) atoms. The van der Waals surface area contributed by atoms with E-state index in [1.807, 2.05) is 0 Å². The summed E-state index contributed by atoms with van der Waals surface area (Å²) in [4.78, 5) is 0. The van der Waals surface area contributed by atoms with E-state index in [4.69, 9.17) is 0 Å². The molecule has 94 valence electrons. The Morgan fingerprint density at radius 3 is 2.47 bits per heavy atom. The van der Waals surface area contributed by atoms with Crippen LogP contribution in [0.15, 0.2) is 18.2 Å². The molecular formula is C16H25P. The van der Waals surface area contributed by atoms with E-state index in [9.17, 15) is 0 Å². The van der Waals surface area contributed by atoms with Crippen molar-refractivity contribution in [1.29, 1.82) is 0 Å². The summed E-state index contributed by atoms with van der Waals surface area (Å²) < 4.78 is 0. The Labute approximate surface area is 108 Å². The second kappa shape index (κ2) is 5.53. The fourth-order valence-electron chi connectivity index (χ4n) is 2.40. The van der Waals surface area contributed by atoms with Gasteiger partial charge in [-0.15, -0.1) is 7.92 Å². The maximum Gasteiger partial charge on any atom is -0.0242 e. The summed E-state index contributed by atoms with van der Waals surface area (Å²) in [5.41, 5.74) is 4.47. The van der Waals surface area contributed by atoms with Gasteiger partial charge < -0.3 is 0 Å². The van der Waals surface area contributed by atoms with Crippen LogP contribution in [-0.2, 0) is 6.42 Å². The Morgan fingerprint density at radius 1 is 1.18 bits per heavy atom. The first-order valence-electron chi connectivity index (χ1n) is 6.84. The quantitative estimate of drug-likeness (QED) is 0.667. The molecule has 0 amide bonds. The summed E-state index contributed by atoms with van der Waals surface area (Å²) in [5.74, 6) is 1.74. The number of hydrogen-bond acceptors (Lipinski definition) is 0. The zero-order valence-corrected chi connectivity index (χ0v) is 12.6. The molecule has 1 aliphatic rings. The van der Waals surface area contributed by atoms with Crippen LogP contribution in [0.1, 0.15) is 30.5 Å². The third-order valence-corrected chi connectivity index (χ3v) is 6.03. The fraction of sp³-hybridized carbons (Fsp3) is 0.625. The summed E-state index contributed by atoms with van der Waals surface area (Å²) in [6.07, 6.45) is 5.90. The van der Waals surface area contributed by atoms with Crippen LogP contribution in [0.25, 0.3) is 0 Å². The molecule has 0 spiro atoms. The van der Waals surface area contributed by atoms with Gasteiger partial charge in [-0.05, 0) is 61.7 Å². The van der Waals surface area contributed by atoms with E-state index < -0.39 is 0 Å². The lowest BCUT2D eigenvalue weighted by molar-refractivity contribution is 0.422. The summed E-state index contributed by atoms with van der Waals surface area (Å²) >= 11 is 0. The van der Waals surface area contributed by atoms with Gasteiger partial charge in [0.05, 0.1) is 0 Å². The Bertz CT molecular complexity index is 377. The highest BCUT2D eigenvalue weighted by Gasteiger charge is 2.26. The van der Waals surface area contributed by atoms with Gasteiger partial charge in [-0.3, -0.25) is 0 Å². The van der Waals surface area contributed by atoms with Crippen molar-refractivity contribution >= 4 is 7.92 Å². The van der Waals surface area contributed by atoms with Crippen LogP contribution in [0.4, 0.5) is 0 Å². The molecule has 2 rings (SSSR count). The Morgan fingerprint density at radius 2 is 1.88 bits per heavy atom. The summed E-state index contributed by atoms with van der Waals surface area (Å²) in [6.45, 7) is 9.26. The van der Waals surface area contributed by atoms with Gasteiger partial charge in [0.15, 0.2) is 0 Å². The number of aryl methyl sites for hydroxylation is 2. The molecule has 0 aliphatic carbocycles. The molecule has 1 aromatic rings. The third kappa shape index (κ3) is 3.81. The molecular weight excluding hydrogens is 223 g/mol. The van der Waals surface area contributed by atoms with Crippen molar-refractivity contribution in [1.82, 2.24) is 0 Å². The smallest absolute Gasteiger partial charge is 0.0242 e. The molecule has 0 nitrogen and oxygen atoms in total. The minimum absolute atomic E-state index is 0.464. The second-order valence-electron chi connectivity index (χ2n) is 5.94. The highest BCUT2D eigenvalue weighted by atomic mass is 31.1. The van der Waals surface area contributed by atoms with E-state index in [-0.39, 0.29) is 0 Å². The molecule has 0 bridgehead atoms. The number of hydrogen-bond donors (Lipinski definition) is 0. The van der Waals surface area contributed by atoms with Gasteiger partial charge in [-0.2, -0.15) is 0 Å². The van der Waals surface area contributed by atoms with Gasteiger partial charge in [0.2, 0.25) is 0 Å². The third-order valence-electron chi connectivity index (χ3n) is 3.96. The lowest BCUT2D eigenvalue weighted by Gasteiger charge is -2.22. The van der Waals surface area contributed by atoms with Gasteiger partial charge >= 0.3 is 0 Å². The molecule has 1 aliphatic heterocycles. The summed E-state index contributed by atoms with van der Waals surface area (Å²) in [5, 5.41) is 0. The van der Waals surface area contributed by atoms with E-state index in [2.05, 4.69) is 45.9 Å². The molecule has 1 unspecified atom stereocenters. The molecule has 0 saturated carbocycles. The van der Waals surface area contributed by atoms with Crippen LogP contribution in [0.3, 0.4) is 0 Å². The van der Waals surface area contributed by atoms with Crippen LogP contribution in [-0.4, -0.2) is 18.5 Å². The van der Waals surface area contributed by atoms with Crippen LogP contribution < -0.4 is 0 Å². The van der Waals surface area contributed by atoms with Crippen molar-refractivity contribution in [2.24, 2.45) is 11.8 Å². The van der Waals surface area contributed by atoms with Crippen LogP contribution >= 0.6 is 7.92 Å². The van der Waals surface area contributed by atoms with Gasteiger partial charge in [0, 0.05) is 0 Å². The minimum Gasteiger partial charge on any atom is -0.106 e. The van der Waals surface area contributed by atoms with Crippen molar-refractivity contribution in [2.45, 2.75) is 34.1 Å². The van der Waals surface area contributed by atoms with Crippen molar-refractivity contribution in [2.75, 3.05) is 18.5 Å². The first-order chi connectivity index (χ1) is 8.06. The highest BCUT2D eigenvalue weighted by molar-refractivity contribution is 7.65. The van der Waals surface area contributed by atoms with E-state index in [1.165, 1.54) is 23.7 Å². The lowest BCUT2D eigenvalue weighted by Crippen LogP contribution is -2.15. The number of rotatable bonds is 5. The maximum absolute atomic E-state index is 2.40. The Hall–Kier alpha value is -0.350. The molecule has 1 atom stereocenters. The van der Waals surface area contributed by atoms with Gasteiger partial charge in [-0.25, -0.2) is 0 Å². The van der Waals surface area contributed by atoms with E-state index in [0.29, 0.717) is 7.92 Å². The van der Waals surface area contributed by atoms with Crippen molar-refractivity contribution in [3.8, 4) is 0 Å². The topological polar surface area (TPSA) is 0 Å². The van der Waals surface area contributed by atoms with Crippen molar-refractivity contribution in [3.63, 3.8) is 0 Å². The SMILES string of the molecule is Cc1ccc(C)c(CC(CP2CC2)C(C)C)c1. The molecule has 0 aromatic heterocycles. The predicted octanol–water partition coefficient (Wildman–Crippen LogP) is 4.61. The van der Waals surface area contributed by atoms with Crippen molar-refractivity contribution in [3.05, 3.63) is 34.9 Å². The van der Waals surface area contributed by atoms with E-state index >= 15 is 0 Å². The first kappa shape index (κ1) is 13.1. The molecule has 1 fully saturated rings. The monoisotopic (exact) mass is 248 g/mol. The van der Waals surface area contributed by atoms with Gasteiger partial charge in [0.25, 0.3) is 0 Å². The molecule has 1 aromatic carbocycles. The molecule has 0 radical (unpaired) electrons. The highest BCUT2D eigenvalue weighted by Crippen LogP contribution is 2.52. The fourth-order valence-corrected chi connectivity index (χ4v) is 4.54. The van der Waals surface area contributed by atoms with Gasteiger partial charge in [0.1, 0.15) is 0 Å². The minimum atomic E-state index is 0.464. The average molecular weight is 248 g/mol. The van der Waals surface area contributed by atoms with Crippen LogP contribution in [0, 0.1) is 25.7 Å². The first-order valence-corrected chi connectivity index (χ1v) is 8.74. The second-order valence-corrected chi connectivity index (χ2v) is 8.54. The van der Waals surface area contributed by atoms with Crippen LogP contribution in [0.5, 0.6) is 0 Å². The molecule has 1 heteroatoms. The average Bonchev–Trinajstić information content (AvgIpc) is 3.06. The predicted molar refractivity (Wildman–Crippen MR) is 79.5 cm³/mol. The van der Waals surface area contributed by atoms with Crippen LogP contribution in [0.2, 0.25) is 0 Å². The normalized spacial score (nSPS) is 17.5. The summed E-state index contributed by atoms with van der Waals surface area (Å²) in [6, 6.07) is 6.91. The standard InChI is InChI=1S/C16H25P/c1-12(2)16(11-17-7-8-17)10-15-9-13(3)5-6-14(15)4/h5-6,9,12,16H,7-8,10-11H2,1-4H3. The van der Waals surface area contributed by atoms with Gasteiger partial charge in [-0.1, -0.05) is 37.6 Å². The van der Waals surface area contributed by atoms with E-state index in [1.54, 1.807) is 17.9 Å². The maximum atomic E-state index is 2.40. The van der Waals surface area contributed by atoms with Crippen molar-refractivity contribution < 1.29 is 0 Å². The van der Waals surface area contributed by atoms with E-state index in [0.717, 1.165) is 11.8 Å². The molecule has 1 heterocycles. The zero-order chi connectivity index (χ0) is 12.4. The summed E-state index contributed by atoms with van der Waals surface area (Å²) in [7, 11) is 0.464. The zero-order valence-electron chi connectivity index (χ0n) is 11.7. The Kier molecular flexibility index (Phi) is 4.26. The number of benzene rings is 1. The largest absolute Gasteiger partial charge is 0.106 e. The lowest BCUT2D eigenvalue weighted by atomic mass is 9.88. The molecule has 0 N–H and O–H groups in total.